The Bertz CT molecular complexity index is 1180. The SMILES string of the molecule is Cc1ccc(-n2nc3c(c2NC(=O)C=Cc2ccc4c(c2)OCO4)CSC3)cc1C. The van der Waals surface area contributed by atoms with Crippen LogP contribution in [0.5, 0.6) is 11.5 Å². The van der Waals surface area contributed by atoms with Crippen molar-refractivity contribution in [3.63, 3.8) is 0 Å². The van der Waals surface area contributed by atoms with E-state index in [1.54, 1.807) is 6.08 Å². The summed E-state index contributed by atoms with van der Waals surface area (Å²) in [4.78, 5) is 12.7. The van der Waals surface area contributed by atoms with Gasteiger partial charge in [0.25, 0.3) is 0 Å². The molecule has 0 fully saturated rings. The summed E-state index contributed by atoms with van der Waals surface area (Å²) in [6.07, 6.45) is 3.30. The monoisotopic (exact) mass is 419 g/mol. The van der Waals surface area contributed by atoms with Crippen molar-refractivity contribution in [2.45, 2.75) is 25.4 Å². The molecule has 0 aliphatic carbocycles. The predicted octanol–water partition coefficient (Wildman–Crippen LogP) is 4.62. The van der Waals surface area contributed by atoms with Crippen LogP contribution in [0.2, 0.25) is 0 Å². The summed E-state index contributed by atoms with van der Waals surface area (Å²) in [5.74, 6) is 3.68. The Morgan fingerprint density at radius 3 is 2.83 bits per heavy atom. The Morgan fingerprint density at radius 1 is 1.10 bits per heavy atom. The highest BCUT2D eigenvalue weighted by Gasteiger charge is 2.24. The summed E-state index contributed by atoms with van der Waals surface area (Å²) in [5.41, 5.74) is 6.38. The molecular weight excluding hydrogens is 398 g/mol. The van der Waals surface area contributed by atoms with Crippen molar-refractivity contribution in [2.75, 3.05) is 12.1 Å². The summed E-state index contributed by atoms with van der Waals surface area (Å²) in [6.45, 7) is 4.40. The molecule has 6 nitrogen and oxygen atoms in total. The first-order valence-electron chi connectivity index (χ1n) is 9.73. The highest BCUT2D eigenvalue weighted by atomic mass is 32.2. The number of ether oxygens (including phenoxy) is 2. The Balaban J connectivity index is 1.41. The molecule has 152 valence electrons. The second kappa shape index (κ2) is 7.57. The van der Waals surface area contributed by atoms with E-state index >= 15 is 0 Å². The fourth-order valence-electron chi connectivity index (χ4n) is 3.53. The molecule has 3 heterocycles. The maximum absolute atomic E-state index is 12.7. The van der Waals surface area contributed by atoms with Crippen LogP contribution in [0.1, 0.15) is 27.9 Å². The molecule has 1 amide bonds. The van der Waals surface area contributed by atoms with Crippen LogP contribution in [-0.2, 0) is 16.3 Å². The summed E-state index contributed by atoms with van der Waals surface area (Å²) >= 11 is 1.81. The van der Waals surface area contributed by atoms with Crippen molar-refractivity contribution in [2.24, 2.45) is 0 Å². The van der Waals surface area contributed by atoms with E-state index < -0.39 is 0 Å². The van der Waals surface area contributed by atoms with Gasteiger partial charge in [-0.05, 0) is 60.9 Å². The molecule has 0 atom stereocenters. The lowest BCUT2D eigenvalue weighted by Crippen LogP contribution is -2.13. The van der Waals surface area contributed by atoms with E-state index in [9.17, 15) is 4.79 Å². The molecule has 2 aromatic carbocycles. The number of carbonyl (C=O) groups is 1. The number of hydrogen-bond acceptors (Lipinski definition) is 5. The maximum atomic E-state index is 12.7. The number of aryl methyl sites for hydroxylation is 2. The van der Waals surface area contributed by atoms with Gasteiger partial charge < -0.3 is 14.8 Å². The van der Waals surface area contributed by atoms with Crippen LogP contribution in [0.25, 0.3) is 11.8 Å². The number of anilines is 1. The van der Waals surface area contributed by atoms with Crippen molar-refractivity contribution >= 4 is 29.6 Å². The number of nitrogens with zero attached hydrogens (tertiary/aromatic N) is 2. The lowest BCUT2D eigenvalue weighted by molar-refractivity contribution is -0.111. The topological polar surface area (TPSA) is 65.4 Å². The summed E-state index contributed by atoms with van der Waals surface area (Å²) in [6, 6.07) is 11.8. The Morgan fingerprint density at radius 2 is 1.97 bits per heavy atom. The van der Waals surface area contributed by atoms with Gasteiger partial charge in [0.15, 0.2) is 11.5 Å². The molecule has 0 saturated heterocycles. The molecule has 1 aromatic heterocycles. The van der Waals surface area contributed by atoms with Gasteiger partial charge in [0.1, 0.15) is 5.82 Å². The van der Waals surface area contributed by atoms with E-state index in [1.807, 2.05) is 40.7 Å². The van der Waals surface area contributed by atoms with E-state index in [2.05, 4.69) is 31.3 Å². The Kier molecular flexibility index (Phi) is 4.75. The molecule has 0 bridgehead atoms. The number of thioether (sulfide) groups is 1. The predicted molar refractivity (Wildman–Crippen MR) is 118 cm³/mol. The second-order valence-corrected chi connectivity index (χ2v) is 8.37. The van der Waals surface area contributed by atoms with Gasteiger partial charge in [0, 0.05) is 23.1 Å². The highest BCUT2D eigenvalue weighted by Crippen LogP contribution is 2.36. The second-order valence-electron chi connectivity index (χ2n) is 7.38. The molecular formula is C23H21N3O3S. The third-order valence-corrected chi connectivity index (χ3v) is 6.32. The van der Waals surface area contributed by atoms with Crippen molar-refractivity contribution in [3.8, 4) is 17.2 Å². The number of carbonyl (C=O) groups excluding carboxylic acids is 1. The first-order valence-corrected chi connectivity index (χ1v) is 10.9. The van der Waals surface area contributed by atoms with E-state index in [-0.39, 0.29) is 12.7 Å². The van der Waals surface area contributed by atoms with E-state index in [1.165, 1.54) is 17.2 Å². The maximum Gasteiger partial charge on any atom is 0.249 e. The summed E-state index contributed by atoms with van der Waals surface area (Å²) in [5, 5.41) is 7.82. The third kappa shape index (κ3) is 3.45. The first kappa shape index (κ1) is 18.8. The fraction of sp³-hybridized carbons (Fsp3) is 0.217. The van der Waals surface area contributed by atoms with Gasteiger partial charge in [0.2, 0.25) is 12.7 Å². The zero-order chi connectivity index (χ0) is 20.7. The quantitative estimate of drug-likeness (QED) is 0.626. The van der Waals surface area contributed by atoms with Gasteiger partial charge in [-0.1, -0.05) is 12.1 Å². The average Bonchev–Trinajstić information content (AvgIpc) is 3.45. The molecule has 0 spiro atoms. The van der Waals surface area contributed by atoms with Gasteiger partial charge in [-0.3, -0.25) is 4.79 Å². The lowest BCUT2D eigenvalue weighted by Gasteiger charge is -2.11. The van der Waals surface area contributed by atoms with Crippen LogP contribution in [-0.4, -0.2) is 22.5 Å². The number of benzene rings is 2. The van der Waals surface area contributed by atoms with Gasteiger partial charge in [-0.15, -0.1) is 0 Å². The largest absolute Gasteiger partial charge is 0.454 e. The fourth-order valence-corrected chi connectivity index (χ4v) is 4.57. The molecule has 2 aliphatic rings. The number of rotatable bonds is 4. The zero-order valence-electron chi connectivity index (χ0n) is 16.8. The minimum atomic E-state index is -0.197. The van der Waals surface area contributed by atoms with Crippen LogP contribution in [0.3, 0.4) is 0 Å². The van der Waals surface area contributed by atoms with Gasteiger partial charge >= 0.3 is 0 Å². The van der Waals surface area contributed by atoms with Crippen LogP contribution in [0.4, 0.5) is 5.82 Å². The third-order valence-electron chi connectivity index (χ3n) is 5.35. The Hall–Kier alpha value is -3.19. The summed E-state index contributed by atoms with van der Waals surface area (Å²) < 4.78 is 12.6. The van der Waals surface area contributed by atoms with Crippen LogP contribution in [0.15, 0.2) is 42.5 Å². The zero-order valence-corrected chi connectivity index (χ0v) is 17.6. The molecule has 0 saturated carbocycles. The molecule has 3 aromatic rings. The molecule has 0 radical (unpaired) electrons. The minimum absolute atomic E-state index is 0.197. The number of hydrogen-bond donors (Lipinski definition) is 1. The molecule has 1 N–H and O–H groups in total. The van der Waals surface area contributed by atoms with E-state index in [0.29, 0.717) is 5.75 Å². The van der Waals surface area contributed by atoms with Crippen molar-refractivity contribution in [3.05, 3.63) is 70.4 Å². The summed E-state index contributed by atoms with van der Waals surface area (Å²) in [7, 11) is 0. The number of fused-ring (bicyclic) bond motifs is 2. The van der Waals surface area contributed by atoms with Gasteiger partial charge in [-0.2, -0.15) is 16.9 Å². The smallest absolute Gasteiger partial charge is 0.249 e. The van der Waals surface area contributed by atoms with Crippen LogP contribution in [0, 0.1) is 13.8 Å². The Labute approximate surface area is 178 Å². The molecule has 2 aliphatic heterocycles. The van der Waals surface area contributed by atoms with E-state index in [0.717, 1.165) is 45.6 Å². The van der Waals surface area contributed by atoms with Crippen molar-refractivity contribution in [1.29, 1.82) is 0 Å². The number of aromatic nitrogens is 2. The normalized spacial score (nSPS) is 14.3. The molecule has 7 heteroatoms. The lowest BCUT2D eigenvalue weighted by atomic mass is 10.1. The minimum Gasteiger partial charge on any atom is -0.454 e. The first-order chi connectivity index (χ1) is 14.6. The number of nitrogens with one attached hydrogen (secondary N) is 1. The number of amides is 1. The van der Waals surface area contributed by atoms with E-state index in [4.69, 9.17) is 14.6 Å². The highest BCUT2D eigenvalue weighted by molar-refractivity contribution is 7.98. The molecule has 0 unspecified atom stereocenters. The molecule has 5 rings (SSSR count). The van der Waals surface area contributed by atoms with Crippen LogP contribution >= 0.6 is 11.8 Å². The average molecular weight is 420 g/mol. The van der Waals surface area contributed by atoms with Gasteiger partial charge in [0.05, 0.1) is 11.4 Å². The van der Waals surface area contributed by atoms with Crippen molar-refractivity contribution in [1.82, 2.24) is 9.78 Å². The van der Waals surface area contributed by atoms with Crippen molar-refractivity contribution < 1.29 is 14.3 Å². The standard InChI is InChI=1S/C23H21N3O3S/c1-14-3-6-17(9-15(14)2)26-23(18-11-30-12-19(18)25-26)24-22(27)8-5-16-4-7-20-21(10-16)29-13-28-20/h3-10H,11-13H2,1-2H3,(H,24,27). The van der Waals surface area contributed by atoms with Crippen LogP contribution < -0.4 is 14.8 Å². The molecule has 30 heavy (non-hydrogen) atoms. The van der Waals surface area contributed by atoms with Gasteiger partial charge in [-0.25, -0.2) is 4.68 Å².